The first-order chi connectivity index (χ1) is 10.7. The molecule has 0 aliphatic carbocycles. The molecule has 0 saturated carbocycles. The summed E-state index contributed by atoms with van der Waals surface area (Å²) in [6.45, 7) is 11.9. The van der Waals surface area contributed by atoms with E-state index in [0.717, 1.165) is 5.92 Å². The van der Waals surface area contributed by atoms with Crippen LogP contribution in [0.5, 0.6) is 0 Å². The van der Waals surface area contributed by atoms with E-state index in [2.05, 4.69) is 39.7 Å². The normalized spacial score (nSPS) is 22.4. The first kappa shape index (κ1) is 21.1. The second-order valence-electron chi connectivity index (χ2n) is 7.86. The quantitative estimate of drug-likeness (QED) is 0.592. The van der Waals surface area contributed by atoms with Gasteiger partial charge in [-0.2, -0.15) is 5.06 Å². The zero-order chi connectivity index (χ0) is 17.7. The predicted molar refractivity (Wildman–Crippen MR) is 95.2 cm³/mol. The topological polar surface area (TPSA) is 40.2 Å². The highest BCUT2D eigenvalue weighted by molar-refractivity contribution is 6.60. The van der Waals surface area contributed by atoms with E-state index >= 15 is 0 Å². The molecule has 0 aromatic carbocycles. The zero-order valence-corrected chi connectivity index (χ0v) is 17.4. The summed E-state index contributed by atoms with van der Waals surface area (Å²) in [6, 6.07) is 0.650. The smallest absolute Gasteiger partial charge is 0.377 e. The monoisotopic (exact) mass is 347 g/mol. The van der Waals surface area contributed by atoms with Gasteiger partial charge in [0, 0.05) is 38.5 Å². The highest BCUT2D eigenvalue weighted by Gasteiger charge is 2.47. The Kier molecular flexibility index (Phi) is 7.70. The van der Waals surface area contributed by atoms with Gasteiger partial charge in [0.05, 0.1) is 6.61 Å². The van der Waals surface area contributed by atoms with Gasteiger partial charge in [-0.15, -0.1) is 0 Å². The van der Waals surface area contributed by atoms with Gasteiger partial charge in [0.25, 0.3) is 0 Å². The fourth-order valence-corrected chi connectivity index (χ4v) is 5.70. The molecule has 0 bridgehead atoms. The van der Waals surface area contributed by atoms with Gasteiger partial charge in [-0.05, 0) is 46.5 Å². The molecule has 0 atom stereocenters. The number of hydrogen-bond acceptors (Lipinski definition) is 5. The summed E-state index contributed by atoms with van der Waals surface area (Å²) < 4.78 is 16.4. The number of nitrogens with zero attached hydrogens (tertiary/aromatic N) is 1. The summed E-state index contributed by atoms with van der Waals surface area (Å²) in [6.07, 6.45) is 4.90. The molecule has 5 nitrogen and oxygen atoms in total. The maximum absolute atomic E-state index is 6.23. The lowest BCUT2D eigenvalue weighted by molar-refractivity contribution is -0.286. The molecule has 1 fully saturated rings. The minimum absolute atomic E-state index is 0.0268. The molecule has 1 aliphatic heterocycles. The Morgan fingerprint density at radius 1 is 0.957 bits per heavy atom. The zero-order valence-electron chi connectivity index (χ0n) is 16.4. The van der Waals surface area contributed by atoms with Crippen molar-refractivity contribution in [3.63, 3.8) is 0 Å². The fraction of sp³-hybridized carbons (Fsp3) is 1.00. The van der Waals surface area contributed by atoms with Crippen LogP contribution in [0.25, 0.3) is 0 Å². The summed E-state index contributed by atoms with van der Waals surface area (Å²) in [5.41, 5.74) is 0.0536. The van der Waals surface area contributed by atoms with Gasteiger partial charge >= 0.3 is 8.80 Å². The van der Waals surface area contributed by atoms with Crippen molar-refractivity contribution in [3.05, 3.63) is 0 Å². The predicted octanol–water partition coefficient (Wildman–Crippen LogP) is 3.87. The van der Waals surface area contributed by atoms with Crippen molar-refractivity contribution in [2.45, 2.75) is 77.4 Å². The minimum Gasteiger partial charge on any atom is -0.377 e. The van der Waals surface area contributed by atoms with Crippen LogP contribution in [0.4, 0.5) is 0 Å². The molecule has 23 heavy (non-hydrogen) atoms. The minimum atomic E-state index is -2.57. The molecule has 1 heterocycles. The van der Waals surface area contributed by atoms with Crippen LogP contribution >= 0.6 is 0 Å². The average Bonchev–Trinajstić information content (AvgIpc) is 2.46. The highest BCUT2D eigenvalue weighted by atomic mass is 28.4. The van der Waals surface area contributed by atoms with Crippen molar-refractivity contribution in [2.24, 2.45) is 5.92 Å². The lowest BCUT2D eigenvalue weighted by atomic mass is 9.74. The van der Waals surface area contributed by atoms with Gasteiger partial charge in [0.2, 0.25) is 0 Å². The summed E-state index contributed by atoms with van der Waals surface area (Å²) in [7, 11) is 2.35. The largest absolute Gasteiger partial charge is 0.502 e. The van der Waals surface area contributed by atoms with Gasteiger partial charge in [0.15, 0.2) is 0 Å². The third-order valence-electron chi connectivity index (χ3n) is 4.93. The molecule has 0 amide bonds. The summed E-state index contributed by atoms with van der Waals surface area (Å²) in [4.78, 5) is 6.23. The van der Waals surface area contributed by atoms with Gasteiger partial charge in [-0.25, -0.2) is 0 Å². The van der Waals surface area contributed by atoms with Crippen LogP contribution in [0.2, 0.25) is 6.04 Å². The van der Waals surface area contributed by atoms with Crippen molar-refractivity contribution in [2.75, 3.05) is 27.9 Å². The van der Waals surface area contributed by atoms with Crippen molar-refractivity contribution in [1.29, 1.82) is 0 Å². The van der Waals surface area contributed by atoms with Gasteiger partial charge in [-0.3, -0.25) is 4.84 Å². The van der Waals surface area contributed by atoms with E-state index in [1.807, 2.05) is 0 Å². The first-order valence-corrected chi connectivity index (χ1v) is 10.7. The standard InChI is InChI=1S/C17H37NO4Si/c1-9-10-15-13-16(2,3)18(17(4,5)14-15)22-11-12-23(19-6,20-7)21-8/h15H,9-14H2,1-8H3. The van der Waals surface area contributed by atoms with E-state index < -0.39 is 8.80 Å². The molecule has 0 aromatic heterocycles. The Balaban J connectivity index is 2.71. The summed E-state index contributed by atoms with van der Waals surface area (Å²) >= 11 is 0. The van der Waals surface area contributed by atoms with Crippen LogP contribution < -0.4 is 0 Å². The van der Waals surface area contributed by atoms with E-state index in [1.54, 1.807) is 21.3 Å². The molecule has 0 radical (unpaired) electrons. The fourth-order valence-electron chi connectivity index (χ4n) is 4.25. The first-order valence-electron chi connectivity index (χ1n) is 8.75. The molecule has 6 heteroatoms. The molecule has 1 saturated heterocycles. The van der Waals surface area contributed by atoms with Crippen LogP contribution in [0.3, 0.4) is 0 Å². The van der Waals surface area contributed by atoms with Crippen LogP contribution in [0.1, 0.15) is 60.3 Å². The Morgan fingerprint density at radius 3 is 1.83 bits per heavy atom. The van der Waals surface area contributed by atoms with Gasteiger partial charge in [0.1, 0.15) is 0 Å². The lowest BCUT2D eigenvalue weighted by Crippen LogP contribution is -2.60. The van der Waals surface area contributed by atoms with Crippen LogP contribution in [0, 0.1) is 5.92 Å². The number of hydrogen-bond donors (Lipinski definition) is 0. The number of piperidine rings is 1. The van der Waals surface area contributed by atoms with Gasteiger partial charge < -0.3 is 13.3 Å². The second kappa shape index (κ2) is 8.40. The van der Waals surface area contributed by atoms with Crippen molar-refractivity contribution in [1.82, 2.24) is 5.06 Å². The van der Waals surface area contributed by atoms with Crippen LogP contribution in [0.15, 0.2) is 0 Å². The molecular weight excluding hydrogens is 310 g/mol. The number of rotatable bonds is 9. The Hall–Kier alpha value is 0.0169. The molecule has 1 rings (SSSR count). The van der Waals surface area contributed by atoms with Crippen LogP contribution in [-0.4, -0.2) is 52.9 Å². The summed E-state index contributed by atoms with van der Waals surface area (Å²) in [5.74, 6) is 0.773. The molecule has 0 spiro atoms. The Morgan fingerprint density at radius 2 is 1.43 bits per heavy atom. The maximum atomic E-state index is 6.23. The van der Waals surface area contributed by atoms with Crippen molar-refractivity contribution < 1.29 is 18.1 Å². The van der Waals surface area contributed by atoms with E-state index in [9.17, 15) is 0 Å². The lowest BCUT2D eigenvalue weighted by Gasteiger charge is -2.54. The molecule has 0 N–H and O–H groups in total. The van der Waals surface area contributed by atoms with Crippen LogP contribution in [-0.2, 0) is 18.1 Å². The number of hydroxylamine groups is 2. The molecule has 1 aliphatic rings. The average molecular weight is 348 g/mol. The molecule has 0 unspecified atom stereocenters. The van der Waals surface area contributed by atoms with Gasteiger partial charge in [-0.1, -0.05) is 19.8 Å². The third kappa shape index (κ3) is 5.24. The van der Waals surface area contributed by atoms with E-state index in [4.69, 9.17) is 18.1 Å². The highest BCUT2D eigenvalue weighted by Crippen LogP contribution is 2.43. The summed E-state index contributed by atoms with van der Waals surface area (Å²) in [5, 5.41) is 2.20. The Bertz CT molecular complexity index is 332. The molecular formula is C17H37NO4Si. The van der Waals surface area contributed by atoms with E-state index in [0.29, 0.717) is 12.7 Å². The SMILES string of the molecule is CCCC1CC(C)(C)N(OCC[Si](OC)(OC)OC)C(C)(C)C1. The van der Waals surface area contributed by atoms with E-state index in [-0.39, 0.29) is 11.1 Å². The third-order valence-corrected chi connectivity index (χ3v) is 7.62. The second-order valence-corrected chi connectivity index (χ2v) is 11.0. The van der Waals surface area contributed by atoms with Crippen molar-refractivity contribution in [3.8, 4) is 0 Å². The van der Waals surface area contributed by atoms with E-state index in [1.165, 1.54) is 25.7 Å². The Labute approximate surface area is 143 Å². The maximum Gasteiger partial charge on any atom is 0.502 e. The molecule has 138 valence electrons. The van der Waals surface area contributed by atoms with Crippen molar-refractivity contribution >= 4 is 8.80 Å². The molecule has 0 aromatic rings.